The standard InChI is InChI=1S/C13H26O3/c1-3-4-5-6-7-8-9-13(14)12-16-11-10-15-2/h3-12H2,1-2H3. The van der Waals surface area contributed by atoms with Crippen LogP contribution < -0.4 is 0 Å². The zero-order valence-corrected chi connectivity index (χ0v) is 10.8. The third kappa shape index (κ3) is 11.7. The molecule has 0 saturated carbocycles. The number of Topliss-reactive ketones (excluding diaryl/α,β-unsaturated/α-hetero) is 1. The van der Waals surface area contributed by atoms with Crippen molar-refractivity contribution in [3.63, 3.8) is 0 Å². The predicted octanol–water partition coefficient (Wildman–Crippen LogP) is 2.97. The van der Waals surface area contributed by atoms with Crippen LogP contribution in [-0.2, 0) is 14.3 Å². The first kappa shape index (κ1) is 15.6. The Labute approximate surface area is 99.5 Å². The zero-order chi connectivity index (χ0) is 12.1. The molecule has 3 nitrogen and oxygen atoms in total. The molecule has 0 aromatic rings. The number of hydrogen-bond donors (Lipinski definition) is 0. The lowest BCUT2D eigenvalue weighted by Crippen LogP contribution is -2.11. The van der Waals surface area contributed by atoms with Crippen molar-refractivity contribution in [1.82, 2.24) is 0 Å². The summed E-state index contributed by atoms with van der Waals surface area (Å²) in [5.41, 5.74) is 0. The number of ketones is 1. The Hall–Kier alpha value is -0.410. The molecule has 16 heavy (non-hydrogen) atoms. The summed E-state index contributed by atoms with van der Waals surface area (Å²) in [5, 5.41) is 0. The highest BCUT2D eigenvalue weighted by atomic mass is 16.5. The molecule has 0 aliphatic rings. The number of unbranched alkanes of at least 4 members (excludes halogenated alkanes) is 5. The van der Waals surface area contributed by atoms with E-state index in [-0.39, 0.29) is 12.4 Å². The zero-order valence-electron chi connectivity index (χ0n) is 10.8. The average Bonchev–Trinajstić information content (AvgIpc) is 2.29. The molecule has 96 valence electrons. The van der Waals surface area contributed by atoms with Gasteiger partial charge < -0.3 is 9.47 Å². The lowest BCUT2D eigenvalue weighted by molar-refractivity contribution is -0.124. The summed E-state index contributed by atoms with van der Waals surface area (Å²) in [4.78, 5) is 11.3. The van der Waals surface area contributed by atoms with E-state index in [0.717, 1.165) is 6.42 Å². The summed E-state index contributed by atoms with van der Waals surface area (Å²) in [6.07, 6.45) is 7.99. The van der Waals surface area contributed by atoms with Gasteiger partial charge in [0.25, 0.3) is 0 Å². The second kappa shape index (κ2) is 12.7. The Bertz CT molecular complexity index is 157. The molecular weight excluding hydrogens is 204 g/mol. The summed E-state index contributed by atoms with van der Waals surface area (Å²) < 4.78 is 9.98. The molecule has 0 rings (SSSR count). The highest BCUT2D eigenvalue weighted by molar-refractivity contribution is 5.79. The molecule has 0 spiro atoms. The van der Waals surface area contributed by atoms with Gasteiger partial charge in [-0.2, -0.15) is 0 Å². The first-order valence-electron chi connectivity index (χ1n) is 6.39. The van der Waals surface area contributed by atoms with Crippen LogP contribution in [0.3, 0.4) is 0 Å². The van der Waals surface area contributed by atoms with Crippen LogP contribution in [0.2, 0.25) is 0 Å². The van der Waals surface area contributed by atoms with Crippen molar-refractivity contribution in [3.05, 3.63) is 0 Å². The van der Waals surface area contributed by atoms with Crippen molar-refractivity contribution >= 4 is 5.78 Å². The third-order valence-corrected chi connectivity index (χ3v) is 2.50. The third-order valence-electron chi connectivity index (χ3n) is 2.50. The summed E-state index contributed by atoms with van der Waals surface area (Å²) in [6, 6.07) is 0. The van der Waals surface area contributed by atoms with Gasteiger partial charge in [-0.1, -0.05) is 39.0 Å². The fourth-order valence-corrected chi connectivity index (χ4v) is 1.50. The van der Waals surface area contributed by atoms with Gasteiger partial charge in [0, 0.05) is 13.5 Å². The molecule has 3 heteroatoms. The summed E-state index contributed by atoms with van der Waals surface area (Å²) in [5.74, 6) is 0.214. The molecule has 0 aromatic heterocycles. The molecule has 0 aliphatic carbocycles. The number of methoxy groups -OCH3 is 1. The molecular formula is C13H26O3. The van der Waals surface area contributed by atoms with E-state index in [0.29, 0.717) is 19.6 Å². The number of carbonyl (C=O) groups is 1. The second-order valence-corrected chi connectivity index (χ2v) is 4.10. The van der Waals surface area contributed by atoms with Crippen LogP contribution >= 0.6 is 0 Å². The minimum absolute atomic E-state index is 0.214. The van der Waals surface area contributed by atoms with Crippen LogP contribution in [0.1, 0.15) is 51.9 Å². The Morgan fingerprint density at radius 3 is 2.38 bits per heavy atom. The molecule has 0 heterocycles. The lowest BCUT2D eigenvalue weighted by Gasteiger charge is -2.03. The molecule has 0 fully saturated rings. The van der Waals surface area contributed by atoms with Crippen molar-refractivity contribution in [2.24, 2.45) is 0 Å². The van der Waals surface area contributed by atoms with Crippen molar-refractivity contribution in [3.8, 4) is 0 Å². The van der Waals surface area contributed by atoms with Crippen LogP contribution in [0.5, 0.6) is 0 Å². The summed E-state index contributed by atoms with van der Waals surface area (Å²) >= 11 is 0. The summed E-state index contributed by atoms with van der Waals surface area (Å²) in [7, 11) is 1.63. The Morgan fingerprint density at radius 1 is 1.00 bits per heavy atom. The fraction of sp³-hybridized carbons (Fsp3) is 0.923. The van der Waals surface area contributed by atoms with Gasteiger partial charge in [-0.25, -0.2) is 0 Å². The largest absolute Gasteiger partial charge is 0.382 e. The van der Waals surface area contributed by atoms with Gasteiger partial charge in [-0.05, 0) is 6.42 Å². The van der Waals surface area contributed by atoms with Gasteiger partial charge in [0.2, 0.25) is 0 Å². The van der Waals surface area contributed by atoms with Gasteiger partial charge in [0.1, 0.15) is 6.61 Å². The number of hydrogen-bond acceptors (Lipinski definition) is 3. The van der Waals surface area contributed by atoms with Gasteiger partial charge in [-0.15, -0.1) is 0 Å². The first-order chi connectivity index (χ1) is 7.81. The highest BCUT2D eigenvalue weighted by Crippen LogP contribution is 2.07. The predicted molar refractivity (Wildman–Crippen MR) is 65.7 cm³/mol. The Morgan fingerprint density at radius 2 is 1.69 bits per heavy atom. The van der Waals surface area contributed by atoms with Gasteiger partial charge in [0.05, 0.1) is 13.2 Å². The fourth-order valence-electron chi connectivity index (χ4n) is 1.50. The quantitative estimate of drug-likeness (QED) is 0.483. The van der Waals surface area contributed by atoms with E-state index in [9.17, 15) is 4.79 Å². The lowest BCUT2D eigenvalue weighted by atomic mass is 10.1. The van der Waals surface area contributed by atoms with Crippen molar-refractivity contribution in [1.29, 1.82) is 0 Å². The van der Waals surface area contributed by atoms with Crippen molar-refractivity contribution in [2.45, 2.75) is 51.9 Å². The van der Waals surface area contributed by atoms with E-state index in [1.54, 1.807) is 7.11 Å². The van der Waals surface area contributed by atoms with Gasteiger partial charge in [0.15, 0.2) is 5.78 Å². The van der Waals surface area contributed by atoms with E-state index in [1.165, 1.54) is 32.1 Å². The van der Waals surface area contributed by atoms with E-state index in [4.69, 9.17) is 9.47 Å². The normalized spacial score (nSPS) is 10.6. The van der Waals surface area contributed by atoms with E-state index in [1.807, 2.05) is 0 Å². The smallest absolute Gasteiger partial charge is 0.158 e. The van der Waals surface area contributed by atoms with E-state index in [2.05, 4.69) is 6.92 Å². The van der Waals surface area contributed by atoms with Crippen LogP contribution in [0.4, 0.5) is 0 Å². The van der Waals surface area contributed by atoms with Gasteiger partial charge in [-0.3, -0.25) is 4.79 Å². The van der Waals surface area contributed by atoms with Gasteiger partial charge >= 0.3 is 0 Å². The minimum Gasteiger partial charge on any atom is -0.382 e. The molecule has 0 aromatic carbocycles. The number of rotatable bonds is 12. The van der Waals surface area contributed by atoms with Crippen LogP contribution in [0, 0.1) is 0 Å². The second-order valence-electron chi connectivity index (χ2n) is 4.10. The molecule has 0 atom stereocenters. The highest BCUT2D eigenvalue weighted by Gasteiger charge is 2.01. The van der Waals surface area contributed by atoms with E-state index >= 15 is 0 Å². The maximum atomic E-state index is 11.3. The minimum atomic E-state index is 0.214. The molecule has 0 bridgehead atoms. The molecule has 0 aliphatic heterocycles. The van der Waals surface area contributed by atoms with Crippen LogP contribution in [0.25, 0.3) is 0 Å². The maximum absolute atomic E-state index is 11.3. The molecule has 0 saturated heterocycles. The topological polar surface area (TPSA) is 35.5 Å². The average molecular weight is 230 g/mol. The SMILES string of the molecule is CCCCCCCCC(=O)COCCOC. The van der Waals surface area contributed by atoms with E-state index < -0.39 is 0 Å². The maximum Gasteiger partial charge on any atom is 0.158 e. The van der Waals surface area contributed by atoms with Crippen molar-refractivity contribution in [2.75, 3.05) is 26.9 Å². The number of carbonyl (C=O) groups excluding carboxylic acids is 1. The summed E-state index contributed by atoms with van der Waals surface area (Å²) in [6.45, 7) is 3.53. The van der Waals surface area contributed by atoms with Crippen LogP contribution in [0.15, 0.2) is 0 Å². The molecule has 0 N–H and O–H groups in total. The Balaban J connectivity index is 3.11. The monoisotopic (exact) mass is 230 g/mol. The molecule has 0 radical (unpaired) electrons. The number of ether oxygens (including phenoxy) is 2. The Kier molecular flexibility index (Phi) is 12.3. The van der Waals surface area contributed by atoms with Crippen LogP contribution in [-0.4, -0.2) is 32.7 Å². The molecule has 0 unspecified atom stereocenters. The van der Waals surface area contributed by atoms with Crippen molar-refractivity contribution < 1.29 is 14.3 Å². The molecule has 0 amide bonds. The first-order valence-corrected chi connectivity index (χ1v) is 6.39.